The highest BCUT2D eigenvalue weighted by atomic mass is 16.5. The number of nitrogens with zero attached hydrogens (tertiary/aromatic N) is 3. The average Bonchev–Trinajstić information content (AvgIpc) is 2.83. The number of ether oxygens (including phenoxy) is 1. The van der Waals surface area contributed by atoms with E-state index in [0.29, 0.717) is 23.5 Å². The fraction of sp³-hybridized carbons (Fsp3) is 0.308. The van der Waals surface area contributed by atoms with Crippen LogP contribution in [0.5, 0.6) is 11.6 Å². The van der Waals surface area contributed by atoms with Crippen molar-refractivity contribution in [3.8, 4) is 17.7 Å². The lowest BCUT2D eigenvalue weighted by Crippen LogP contribution is -2.27. The van der Waals surface area contributed by atoms with Gasteiger partial charge in [0.15, 0.2) is 5.78 Å². The highest BCUT2D eigenvalue weighted by Gasteiger charge is 2.25. The fourth-order valence-corrected chi connectivity index (χ4v) is 3.61. The molecule has 3 rings (SSSR count). The summed E-state index contributed by atoms with van der Waals surface area (Å²) in [7, 11) is 0. The number of hydrogen-bond acceptors (Lipinski definition) is 6. The van der Waals surface area contributed by atoms with E-state index in [4.69, 9.17) is 4.74 Å². The van der Waals surface area contributed by atoms with Crippen LogP contribution in [-0.2, 0) is 6.54 Å². The lowest BCUT2D eigenvalue weighted by atomic mass is 9.97. The normalized spacial score (nSPS) is 10.6. The Hall–Kier alpha value is -3.92. The molecule has 0 spiro atoms. The predicted octanol–water partition coefficient (Wildman–Crippen LogP) is 4.37. The Bertz CT molecular complexity index is 1210. The molecule has 170 valence electrons. The third-order valence-corrected chi connectivity index (χ3v) is 5.47. The summed E-state index contributed by atoms with van der Waals surface area (Å²) in [6.45, 7) is 4.24. The molecule has 2 aromatic heterocycles. The van der Waals surface area contributed by atoms with Gasteiger partial charge < -0.3 is 9.84 Å². The van der Waals surface area contributed by atoms with Gasteiger partial charge in [-0.25, -0.2) is 0 Å². The average molecular weight is 446 g/mol. The highest BCUT2D eigenvalue weighted by molar-refractivity contribution is 6.11. The van der Waals surface area contributed by atoms with Gasteiger partial charge >= 0.3 is 0 Å². The van der Waals surface area contributed by atoms with E-state index in [-0.39, 0.29) is 23.2 Å². The minimum Gasteiger partial charge on any atom is -0.494 e. The topological polar surface area (TPSA) is 105 Å². The van der Waals surface area contributed by atoms with Crippen molar-refractivity contribution in [2.75, 3.05) is 6.61 Å². The van der Waals surface area contributed by atoms with Crippen LogP contribution in [0.25, 0.3) is 0 Å². The lowest BCUT2D eigenvalue weighted by molar-refractivity contribution is 0.103. The summed E-state index contributed by atoms with van der Waals surface area (Å²) in [5, 5.41) is 20.4. The zero-order chi connectivity index (χ0) is 23.8. The molecule has 0 saturated heterocycles. The zero-order valence-electron chi connectivity index (χ0n) is 18.9. The maximum atomic E-state index is 13.3. The maximum absolute atomic E-state index is 13.3. The van der Waals surface area contributed by atoms with Crippen molar-refractivity contribution in [1.82, 2.24) is 9.55 Å². The van der Waals surface area contributed by atoms with Gasteiger partial charge in [-0.2, -0.15) is 5.26 Å². The molecule has 2 heterocycles. The second kappa shape index (κ2) is 11.1. The summed E-state index contributed by atoms with van der Waals surface area (Å²) in [6, 6.07) is 12.0. The van der Waals surface area contributed by atoms with E-state index in [2.05, 4.69) is 11.9 Å². The van der Waals surface area contributed by atoms with Gasteiger partial charge in [-0.05, 0) is 54.8 Å². The van der Waals surface area contributed by atoms with E-state index in [1.807, 2.05) is 6.07 Å². The summed E-state index contributed by atoms with van der Waals surface area (Å²) < 4.78 is 6.75. The lowest BCUT2D eigenvalue weighted by Gasteiger charge is -2.16. The Morgan fingerprint density at radius 3 is 2.58 bits per heavy atom. The molecule has 7 heteroatoms. The molecular weight excluding hydrogens is 418 g/mol. The molecule has 0 saturated carbocycles. The van der Waals surface area contributed by atoms with E-state index in [1.165, 1.54) is 13.3 Å². The van der Waals surface area contributed by atoms with Crippen LogP contribution in [0.4, 0.5) is 0 Å². The molecule has 0 bridgehead atoms. The Labute approximate surface area is 192 Å². The molecule has 0 unspecified atom stereocenters. The van der Waals surface area contributed by atoms with Crippen LogP contribution in [0.1, 0.15) is 65.2 Å². The van der Waals surface area contributed by atoms with Gasteiger partial charge in [-0.1, -0.05) is 32.3 Å². The van der Waals surface area contributed by atoms with Crippen molar-refractivity contribution in [2.45, 2.75) is 46.1 Å². The van der Waals surface area contributed by atoms with E-state index in [9.17, 15) is 20.0 Å². The quantitative estimate of drug-likeness (QED) is 0.367. The third-order valence-electron chi connectivity index (χ3n) is 5.47. The molecule has 0 amide bonds. The van der Waals surface area contributed by atoms with Crippen molar-refractivity contribution in [1.29, 1.82) is 5.26 Å². The standard InChI is InChI=1S/C26H27N3O4/c1-3-4-5-6-14-33-21-11-9-20(10-12-21)24(30)23-18(2)22(15-27)25(31)29(26(23)32)17-19-8-7-13-28-16-19/h7-13,16,32H,3-6,14,17H2,1-2H3. The van der Waals surface area contributed by atoms with Crippen molar-refractivity contribution in [3.05, 3.63) is 87.0 Å². The van der Waals surface area contributed by atoms with Crippen LogP contribution in [-0.4, -0.2) is 27.0 Å². The zero-order valence-corrected chi connectivity index (χ0v) is 18.9. The molecule has 0 radical (unpaired) electrons. The van der Waals surface area contributed by atoms with Gasteiger partial charge in [0, 0.05) is 18.0 Å². The number of hydrogen-bond donors (Lipinski definition) is 1. The number of pyridine rings is 2. The van der Waals surface area contributed by atoms with Crippen molar-refractivity contribution < 1.29 is 14.6 Å². The molecule has 1 N–H and O–H groups in total. The molecule has 0 aliphatic heterocycles. The largest absolute Gasteiger partial charge is 0.494 e. The summed E-state index contributed by atoms with van der Waals surface area (Å²) >= 11 is 0. The van der Waals surface area contributed by atoms with E-state index >= 15 is 0 Å². The number of aromatic nitrogens is 2. The second-order valence-corrected chi connectivity index (χ2v) is 7.83. The first-order valence-corrected chi connectivity index (χ1v) is 11.0. The molecule has 7 nitrogen and oxygen atoms in total. The second-order valence-electron chi connectivity index (χ2n) is 7.83. The van der Waals surface area contributed by atoms with E-state index in [1.54, 1.807) is 48.8 Å². The van der Waals surface area contributed by atoms with Crippen molar-refractivity contribution >= 4 is 5.78 Å². The van der Waals surface area contributed by atoms with Gasteiger partial charge in [0.2, 0.25) is 5.88 Å². The summed E-state index contributed by atoms with van der Waals surface area (Å²) in [5.41, 5.74) is 0.238. The maximum Gasteiger partial charge on any atom is 0.271 e. The summed E-state index contributed by atoms with van der Waals surface area (Å²) in [5.74, 6) is -0.291. The van der Waals surface area contributed by atoms with Crippen molar-refractivity contribution in [2.24, 2.45) is 0 Å². The molecule has 0 aliphatic carbocycles. The van der Waals surface area contributed by atoms with Crippen LogP contribution in [0.2, 0.25) is 0 Å². The molecular formula is C26H27N3O4. The Morgan fingerprint density at radius 1 is 1.18 bits per heavy atom. The Balaban J connectivity index is 1.90. The van der Waals surface area contributed by atoms with Crippen LogP contribution >= 0.6 is 0 Å². The van der Waals surface area contributed by atoms with Gasteiger partial charge in [0.1, 0.15) is 17.4 Å². The van der Waals surface area contributed by atoms with Gasteiger partial charge in [0.05, 0.1) is 18.7 Å². The highest BCUT2D eigenvalue weighted by Crippen LogP contribution is 2.26. The Morgan fingerprint density at radius 2 is 1.94 bits per heavy atom. The van der Waals surface area contributed by atoms with Crippen LogP contribution < -0.4 is 10.3 Å². The minimum absolute atomic E-state index is 0.0153. The molecule has 0 fully saturated rings. The number of nitriles is 1. The summed E-state index contributed by atoms with van der Waals surface area (Å²) in [4.78, 5) is 30.1. The van der Waals surface area contributed by atoms with Crippen LogP contribution in [0.15, 0.2) is 53.6 Å². The SMILES string of the molecule is CCCCCCOc1ccc(C(=O)c2c(C)c(C#N)c(=O)n(Cc3cccnc3)c2O)cc1. The van der Waals surface area contributed by atoms with Gasteiger partial charge in [-0.15, -0.1) is 0 Å². The third kappa shape index (κ3) is 5.47. The summed E-state index contributed by atoms with van der Waals surface area (Å²) in [6.07, 6.45) is 7.56. The molecule has 33 heavy (non-hydrogen) atoms. The van der Waals surface area contributed by atoms with E-state index < -0.39 is 17.2 Å². The number of benzene rings is 1. The Kier molecular flexibility index (Phi) is 7.98. The van der Waals surface area contributed by atoms with Gasteiger partial charge in [-0.3, -0.25) is 19.1 Å². The first kappa shape index (κ1) is 23.7. The number of rotatable bonds is 10. The van der Waals surface area contributed by atoms with Gasteiger partial charge in [0.25, 0.3) is 5.56 Å². The van der Waals surface area contributed by atoms with E-state index in [0.717, 1.165) is 23.8 Å². The number of unbranched alkanes of at least 4 members (excludes halogenated alkanes) is 3. The molecule has 0 atom stereocenters. The molecule has 1 aromatic carbocycles. The smallest absolute Gasteiger partial charge is 0.271 e. The number of aromatic hydroxyl groups is 1. The first-order chi connectivity index (χ1) is 16.0. The number of carbonyl (C=O) groups excluding carboxylic acids is 1. The predicted molar refractivity (Wildman–Crippen MR) is 125 cm³/mol. The van der Waals surface area contributed by atoms with Crippen molar-refractivity contribution in [3.63, 3.8) is 0 Å². The van der Waals surface area contributed by atoms with Crippen LogP contribution in [0.3, 0.4) is 0 Å². The number of carbonyl (C=O) groups is 1. The monoisotopic (exact) mass is 445 g/mol. The molecule has 0 aliphatic rings. The molecule has 3 aromatic rings. The first-order valence-electron chi connectivity index (χ1n) is 11.0. The number of ketones is 1. The fourth-order valence-electron chi connectivity index (χ4n) is 3.61. The minimum atomic E-state index is -0.653. The van der Waals surface area contributed by atoms with Crippen LogP contribution in [0, 0.1) is 18.3 Å².